The van der Waals surface area contributed by atoms with Gasteiger partial charge in [-0.05, 0) is 11.6 Å². The van der Waals surface area contributed by atoms with Gasteiger partial charge in [-0.25, -0.2) is 0 Å². The minimum atomic E-state index is 0.126. The number of amides is 1. The summed E-state index contributed by atoms with van der Waals surface area (Å²) in [6.07, 6.45) is 0.382. The molecule has 0 radical (unpaired) electrons. The van der Waals surface area contributed by atoms with Gasteiger partial charge in [0.05, 0.1) is 19.6 Å². The first-order valence-electron chi connectivity index (χ1n) is 5.46. The van der Waals surface area contributed by atoms with Crippen molar-refractivity contribution < 1.29 is 9.53 Å². The lowest BCUT2D eigenvalue weighted by Crippen LogP contribution is -2.41. The summed E-state index contributed by atoms with van der Waals surface area (Å²) in [5, 5.41) is 0. The average molecular weight is 220 g/mol. The van der Waals surface area contributed by atoms with E-state index in [2.05, 4.69) is 0 Å². The van der Waals surface area contributed by atoms with Crippen LogP contribution in [-0.4, -0.2) is 37.1 Å². The lowest BCUT2D eigenvalue weighted by atomic mass is 10.1. The third-order valence-corrected chi connectivity index (χ3v) is 2.76. The van der Waals surface area contributed by atoms with Crippen molar-refractivity contribution in [3.8, 4) is 0 Å². The van der Waals surface area contributed by atoms with Crippen LogP contribution in [0.15, 0.2) is 24.3 Å². The summed E-state index contributed by atoms with van der Waals surface area (Å²) in [5.41, 5.74) is 7.39. The third-order valence-electron chi connectivity index (χ3n) is 2.76. The molecule has 0 aromatic heterocycles. The van der Waals surface area contributed by atoms with Crippen LogP contribution in [0.2, 0.25) is 0 Å². The molecule has 2 rings (SSSR count). The Morgan fingerprint density at radius 3 is 2.69 bits per heavy atom. The Balaban J connectivity index is 1.99. The molecule has 1 fully saturated rings. The van der Waals surface area contributed by atoms with Crippen LogP contribution in [0, 0.1) is 0 Å². The fraction of sp³-hybridized carbons (Fsp3) is 0.417. The standard InChI is InChI=1S/C12H16N2O2/c13-11-4-2-1-3-10(11)9-12(15)14-5-7-16-8-6-14/h1-4H,5-9,13H2. The van der Waals surface area contributed by atoms with E-state index >= 15 is 0 Å². The summed E-state index contributed by atoms with van der Waals surface area (Å²) in [6, 6.07) is 7.49. The van der Waals surface area contributed by atoms with Crippen LogP contribution < -0.4 is 5.73 Å². The smallest absolute Gasteiger partial charge is 0.227 e. The summed E-state index contributed by atoms with van der Waals surface area (Å²) in [5.74, 6) is 0.126. The van der Waals surface area contributed by atoms with E-state index in [9.17, 15) is 4.79 Å². The summed E-state index contributed by atoms with van der Waals surface area (Å²) in [6.45, 7) is 2.64. The van der Waals surface area contributed by atoms with Crippen molar-refractivity contribution in [2.45, 2.75) is 6.42 Å². The SMILES string of the molecule is Nc1ccccc1CC(=O)N1CCOCC1. The molecule has 0 spiro atoms. The topological polar surface area (TPSA) is 55.6 Å². The third kappa shape index (κ3) is 2.52. The van der Waals surface area contributed by atoms with Crippen LogP contribution in [0.1, 0.15) is 5.56 Å². The first-order valence-corrected chi connectivity index (χ1v) is 5.46. The Kier molecular flexibility index (Phi) is 3.41. The molecule has 0 bridgehead atoms. The number of ether oxygens (including phenoxy) is 1. The summed E-state index contributed by atoms with van der Waals surface area (Å²) in [4.78, 5) is 13.8. The van der Waals surface area contributed by atoms with Gasteiger partial charge in [-0.3, -0.25) is 4.79 Å². The Morgan fingerprint density at radius 1 is 1.31 bits per heavy atom. The Hall–Kier alpha value is -1.55. The maximum atomic E-state index is 11.9. The van der Waals surface area contributed by atoms with E-state index in [1.807, 2.05) is 29.2 Å². The van der Waals surface area contributed by atoms with Crippen molar-refractivity contribution >= 4 is 11.6 Å². The van der Waals surface area contributed by atoms with Gasteiger partial charge in [0.1, 0.15) is 0 Å². The van der Waals surface area contributed by atoms with Gasteiger partial charge in [-0.2, -0.15) is 0 Å². The number of nitrogens with two attached hydrogens (primary N) is 1. The normalized spacial score (nSPS) is 16.1. The Bertz CT molecular complexity index is 373. The van der Waals surface area contributed by atoms with Gasteiger partial charge in [-0.15, -0.1) is 0 Å². The lowest BCUT2D eigenvalue weighted by molar-refractivity contribution is -0.134. The highest BCUT2D eigenvalue weighted by Crippen LogP contribution is 2.12. The Labute approximate surface area is 95.0 Å². The number of hydrogen-bond donors (Lipinski definition) is 1. The van der Waals surface area contributed by atoms with E-state index in [4.69, 9.17) is 10.5 Å². The molecular formula is C12H16N2O2. The lowest BCUT2D eigenvalue weighted by Gasteiger charge is -2.27. The fourth-order valence-electron chi connectivity index (χ4n) is 1.78. The summed E-state index contributed by atoms with van der Waals surface area (Å²) in [7, 11) is 0. The number of nitrogen functional groups attached to an aromatic ring is 1. The molecule has 4 heteroatoms. The quantitative estimate of drug-likeness (QED) is 0.745. The molecule has 1 heterocycles. The number of para-hydroxylation sites is 1. The predicted octanol–water partition coefficient (Wildman–Crippen LogP) is 0.670. The molecule has 0 atom stereocenters. The van der Waals surface area contributed by atoms with Gasteiger partial charge < -0.3 is 15.4 Å². The maximum Gasteiger partial charge on any atom is 0.227 e. The number of morpholine rings is 1. The molecule has 1 aromatic carbocycles. The van der Waals surface area contributed by atoms with Crippen molar-refractivity contribution in [3.63, 3.8) is 0 Å². The highest BCUT2D eigenvalue weighted by atomic mass is 16.5. The summed E-state index contributed by atoms with van der Waals surface area (Å²) >= 11 is 0. The van der Waals surface area contributed by atoms with Gasteiger partial charge >= 0.3 is 0 Å². The van der Waals surface area contributed by atoms with Crippen LogP contribution >= 0.6 is 0 Å². The second-order valence-corrected chi connectivity index (χ2v) is 3.87. The molecule has 86 valence electrons. The number of nitrogens with zero attached hydrogens (tertiary/aromatic N) is 1. The number of carbonyl (C=O) groups excluding carboxylic acids is 1. The van der Waals surface area contributed by atoms with Crippen LogP contribution in [0.4, 0.5) is 5.69 Å². The van der Waals surface area contributed by atoms with E-state index in [1.165, 1.54) is 0 Å². The number of rotatable bonds is 2. The molecule has 2 N–H and O–H groups in total. The zero-order valence-electron chi connectivity index (χ0n) is 9.19. The summed E-state index contributed by atoms with van der Waals surface area (Å²) < 4.78 is 5.21. The van der Waals surface area contributed by atoms with Crippen LogP contribution in [0.25, 0.3) is 0 Å². The van der Waals surface area contributed by atoms with E-state index in [0.717, 1.165) is 5.56 Å². The molecule has 1 aliphatic heterocycles. The van der Waals surface area contributed by atoms with Crippen molar-refractivity contribution in [1.82, 2.24) is 4.90 Å². The van der Waals surface area contributed by atoms with Gasteiger partial charge in [0.25, 0.3) is 0 Å². The second kappa shape index (κ2) is 4.99. The molecular weight excluding hydrogens is 204 g/mol. The van der Waals surface area contributed by atoms with Gasteiger partial charge in [-0.1, -0.05) is 18.2 Å². The van der Waals surface area contributed by atoms with E-state index in [0.29, 0.717) is 38.4 Å². The first kappa shape index (κ1) is 11.0. The zero-order valence-corrected chi connectivity index (χ0v) is 9.19. The van der Waals surface area contributed by atoms with E-state index in [-0.39, 0.29) is 5.91 Å². The molecule has 0 unspecified atom stereocenters. The molecule has 4 nitrogen and oxygen atoms in total. The van der Waals surface area contributed by atoms with Crippen LogP contribution in [0.3, 0.4) is 0 Å². The highest BCUT2D eigenvalue weighted by Gasteiger charge is 2.17. The Morgan fingerprint density at radius 2 is 2.00 bits per heavy atom. The van der Waals surface area contributed by atoms with Gasteiger partial charge in [0, 0.05) is 18.8 Å². The largest absolute Gasteiger partial charge is 0.398 e. The average Bonchev–Trinajstić information content (AvgIpc) is 2.33. The van der Waals surface area contributed by atoms with Crippen molar-refractivity contribution in [2.24, 2.45) is 0 Å². The monoisotopic (exact) mass is 220 g/mol. The van der Waals surface area contributed by atoms with E-state index in [1.54, 1.807) is 0 Å². The molecule has 1 aromatic rings. The van der Waals surface area contributed by atoms with E-state index < -0.39 is 0 Å². The first-order chi connectivity index (χ1) is 7.77. The molecule has 0 saturated carbocycles. The molecule has 16 heavy (non-hydrogen) atoms. The van der Waals surface area contributed by atoms with Crippen molar-refractivity contribution in [2.75, 3.05) is 32.0 Å². The second-order valence-electron chi connectivity index (χ2n) is 3.87. The van der Waals surface area contributed by atoms with Gasteiger partial charge in [0.2, 0.25) is 5.91 Å². The predicted molar refractivity (Wildman–Crippen MR) is 62.0 cm³/mol. The molecule has 0 aliphatic carbocycles. The van der Waals surface area contributed by atoms with Crippen molar-refractivity contribution in [3.05, 3.63) is 29.8 Å². The number of hydrogen-bond acceptors (Lipinski definition) is 3. The maximum absolute atomic E-state index is 11.9. The number of anilines is 1. The molecule has 1 saturated heterocycles. The zero-order chi connectivity index (χ0) is 11.4. The van der Waals surface area contributed by atoms with Crippen molar-refractivity contribution in [1.29, 1.82) is 0 Å². The minimum Gasteiger partial charge on any atom is -0.398 e. The van der Waals surface area contributed by atoms with Crippen LogP contribution in [0.5, 0.6) is 0 Å². The fourth-order valence-corrected chi connectivity index (χ4v) is 1.78. The number of carbonyl (C=O) groups is 1. The van der Waals surface area contributed by atoms with Crippen LogP contribution in [-0.2, 0) is 16.0 Å². The minimum absolute atomic E-state index is 0.126. The molecule has 1 amide bonds. The molecule has 1 aliphatic rings. The number of benzene rings is 1. The van der Waals surface area contributed by atoms with Gasteiger partial charge in [0.15, 0.2) is 0 Å². The highest BCUT2D eigenvalue weighted by molar-refractivity contribution is 5.80.